The second-order valence-corrected chi connectivity index (χ2v) is 10.4. The van der Waals surface area contributed by atoms with Gasteiger partial charge >= 0.3 is 0 Å². The molecule has 2 aliphatic heterocycles. The number of nitrogens with zero attached hydrogens (tertiary/aromatic N) is 3. The van der Waals surface area contributed by atoms with Crippen LogP contribution in [0.15, 0.2) is 76.8 Å². The van der Waals surface area contributed by atoms with Gasteiger partial charge in [0.2, 0.25) is 5.91 Å². The number of thioether (sulfide) groups is 1. The van der Waals surface area contributed by atoms with E-state index in [0.29, 0.717) is 11.6 Å². The van der Waals surface area contributed by atoms with Crippen LogP contribution in [0, 0.1) is 19.7 Å². The van der Waals surface area contributed by atoms with Crippen molar-refractivity contribution in [3.63, 3.8) is 0 Å². The minimum Gasteiger partial charge on any atom is -0.497 e. The van der Waals surface area contributed by atoms with E-state index in [4.69, 9.17) is 9.84 Å². The highest BCUT2D eigenvalue weighted by atomic mass is 32.2. The Morgan fingerprint density at radius 1 is 1.11 bits per heavy atom. The Labute approximate surface area is 224 Å². The number of rotatable bonds is 6. The number of anilines is 1. The SMILES string of the molecule is COc1ccc(C2=NN(C3=NC(=O)[C@@H](CC(=O)Nc4cccc(C)c4C)S3)[C@H](c3ccc(F)cc3)C2)cc1. The first-order valence-corrected chi connectivity index (χ1v) is 13.1. The van der Waals surface area contributed by atoms with Gasteiger partial charge in [-0.2, -0.15) is 10.1 Å². The van der Waals surface area contributed by atoms with Gasteiger partial charge < -0.3 is 10.1 Å². The molecule has 2 aliphatic rings. The lowest BCUT2D eigenvalue weighted by molar-refractivity contribution is -0.121. The van der Waals surface area contributed by atoms with Gasteiger partial charge in [-0.25, -0.2) is 9.40 Å². The first kappa shape index (κ1) is 25.7. The molecular weight excluding hydrogens is 503 g/mol. The number of carbonyl (C=O) groups excluding carboxylic acids is 2. The number of nitrogens with one attached hydrogen (secondary N) is 1. The zero-order chi connectivity index (χ0) is 26.8. The van der Waals surface area contributed by atoms with Gasteiger partial charge in [-0.15, -0.1) is 0 Å². The lowest BCUT2D eigenvalue weighted by Crippen LogP contribution is -2.25. The van der Waals surface area contributed by atoms with Gasteiger partial charge in [0, 0.05) is 18.5 Å². The summed E-state index contributed by atoms with van der Waals surface area (Å²) >= 11 is 1.23. The number of aryl methyl sites for hydroxylation is 1. The highest BCUT2D eigenvalue weighted by Gasteiger charge is 2.39. The number of hydrogen-bond acceptors (Lipinski definition) is 6. The van der Waals surface area contributed by atoms with E-state index in [1.54, 1.807) is 24.3 Å². The molecule has 0 saturated heterocycles. The number of amides is 2. The minimum absolute atomic E-state index is 0.00596. The maximum Gasteiger partial charge on any atom is 0.262 e. The standard InChI is InChI=1S/C29H27FN4O3S/c1-17-5-4-6-23(18(17)2)31-27(35)16-26-28(36)32-29(38-26)34-25(20-7-11-21(30)12-8-20)15-24(33-34)19-9-13-22(37-3)14-10-19/h4-14,25-26H,15-16H2,1-3H3,(H,31,35)/t25-,26+/m0/s1. The third kappa shape index (κ3) is 5.33. The summed E-state index contributed by atoms with van der Waals surface area (Å²) < 4.78 is 18.9. The monoisotopic (exact) mass is 530 g/mol. The molecule has 0 bridgehead atoms. The molecule has 2 atom stereocenters. The quantitative estimate of drug-likeness (QED) is 0.447. The zero-order valence-electron chi connectivity index (χ0n) is 21.3. The predicted octanol–water partition coefficient (Wildman–Crippen LogP) is 5.63. The molecule has 5 rings (SSSR count). The van der Waals surface area contributed by atoms with Gasteiger partial charge in [0.05, 0.1) is 18.9 Å². The van der Waals surface area contributed by atoms with Crippen molar-refractivity contribution in [2.75, 3.05) is 12.4 Å². The van der Waals surface area contributed by atoms with Crippen molar-refractivity contribution in [3.8, 4) is 5.75 Å². The lowest BCUT2D eigenvalue weighted by atomic mass is 9.98. The fourth-order valence-corrected chi connectivity index (χ4v) is 5.51. The van der Waals surface area contributed by atoms with Crippen LogP contribution in [-0.2, 0) is 9.59 Å². The fourth-order valence-electron chi connectivity index (χ4n) is 4.45. The molecule has 2 amide bonds. The van der Waals surface area contributed by atoms with E-state index in [1.165, 1.54) is 23.9 Å². The molecule has 9 heteroatoms. The summed E-state index contributed by atoms with van der Waals surface area (Å²) in [4.78, 5) is 29.9. The van der Waals surface area contributed by atoms with Crippen molar-refractivity contribution in [1.82, 2.24) is 5.01 Å². The number of halogens is 1. The van der Waals surface area contributed by atoms with Crippen LogP contribution in [0.1, 0.15) is 41.1 Å². The maximum absolute atomic E-state index is 13.6. The minimum atomic E-state index is -0.649. The summed E-state index contributed by atoms with van der Waals surface area (Å²) in [5.74, 6) is -0.207. The molecule has 0 radical (unpaired) electrons. The Hall–Kier alpha value is -3.98. The molecule has 0 aliphatic carbocycles. The number of amidine groups is 1. The largest absolute Gasteiger partial charge is 0.497 e. The Bertz CT molecular complexity index is 1440. The molecule has 0 aromatic heterocycles. The van der Waals surface area contributed by atoms with Gasteiger partial charge in [0.1, 0.15) is 16.8 Å². The Balaban J connectivity index is 1.35. The summed E-state index contributed by atoms with van der Waals surface area (Å²) in [6, 6.07) is 19.3. The molecule has 38 heavy (non-hydrogen) atoms. The topological polar surface area (TPSA) is 83.4 Å². The second-order valence-electron chi connectivity index (χ2n) is 9.23. The molecule has 0 fully saturated rings. The predicted molar refractivity (Wildman–Crippen MR) is 148 cm³/mol. The smallest absolute Gasteiger partial charge is 0.262 e. The summed E-state index contributed by atoms with van der Waals surface area (Å²) in [7, 11) is 1.61. The van der Waals surface area contributed by atoms with E-state index in [2.05, 4.69) is 10.3 Å². The molecule has 7 nitrogen and oxygen atoms in total. The van der Waals surface area contributed by atoms with Gasteiger partial charge in [-0.3, -0.25) is 9.59 Å². The second kappa shape index (κ2) is 10.8. The van der Waals surface area contributed by atoms with Crippen LogP contribution in [0.3, 0.4) is 0 Å². The van der Waals surface area contributed by atoms with Gasteiger partial charge in [0.15, 0.2) is 5.17 Å². The zero-order valence-corrected chi connectivity index (χ0v) is 22.1. The van der Waals surface area contributed by atoms with Gasteiger partial charge in [-0.05, 0) is 78.6 Å². The number of methoxy groups -OCH3 is 1. The molecule has 0 unspecified atom stereocenters. The molecule has 3 aromatic carbocycles. The van der Waals surface area contributed by atoms with Crippen LogP contribution in [0.4, 0.5) is 10.1 Å². The van der Waals surface area contributed by atoms with E-state index >= 15 is 0 Å². The summed E-state index contributed by atoms with van der Waals surface area (Å²) in [5, 5.41) is 9.24. The van der Waals surface area contributed by atoms with Crippen LogP contribution in [-0.4, -0.2) is 40.1 Å². The molecule has 3 aromatic rings. The third-order valence-electron chi connectivity index (χ3n) is 6.76. The van der Waals surface area contributed by atoms with E-state index in [-0.39, 0.29) is 30.1 Å². The maximum atomic E-state index is 13.6. The van der Waals surface area contributed by atoms with Crippen LogP contribution >= 0.6 is 11.8 Å². The van der Waals surface area contributed by atoms with E-state index in [1.807, 2.05) is 56.3 Å². The van der Waals surface area contributed by atoms with E-state index < -0.39 is 5.25 Å². The number of ether oxygens (including phenoxy) is 1. The van der Waals surface area contributed by atoms with Crippen LogP contribution in [0.25, 0.3) is 0 Å². The Morgan fingerprint density at radius 2 is 1.84 bits per heavy atom. The molecule has 1 N–H and O–H groups in total. The summed E-state index contributed by atoms with van der Waals surface area (Å²) in [6.45, 7) is 3.93. The van der Waals surface area contributed by atoms with Crippen molar-refractivity contribution in [2.24, 2.45) is 10.1 Å². The highest BCUT2D eigenvalue weighted by Crippen LogP contribution is 2.39. The van der Waals surface area contributed by atoms with Gasteiger partial charge in [0.25, 0.3) is 5.91 Å². The van der Waals surface area contributed by atoms with Crippen LogP contribution in [0.2, 0.25) is 0 Å². The first-order valence-electron chi connectivity index (χ1n) is 12.2. The Morgan fingerprint density at radius 3 is 2.55 bits per heavy atom. The van der Waals surface area contributed by atoms with Gasteiger partial charge in [-0.1, -0.05) is 36.0 Å². The molecule has 0 spiro atoms. The third-order valence-corrected chi connectivity index (χ3v) is 7.90. The van der Waals surface area contributed by atoms with Crippen molar-refractivity contribution in [2.45, 2.75) is 38.0 Å². The average molecular weight is 531 g/mol. The number of carbonyl (C=O) groups is 2. The Kier molecular flexibility index (Phi) is 7.28. The van der Waals surface area contributed by atoms with Crippen LogP contribution < -0.4 is 10.1 Å². The van der Waals surface area contributed by atoms with Crippen molar-refractivity contribution < 1.29 is 18.7 Å². The molecule has 2 heterocycles. The van der Waals surface area contributed by atoms with Crippen LogP contribution in [0.5, 0.6) is 5.75 Å². The van der Waals surface area contributed by atoms with E-state index in [9.17, 15) is 14.0 Å². The normalized spacial score (nSPS) is 18.8. The van der Waals surface area contributed by atoms with Crippen molar-refractivity contribution in [3.05, 3.63) is 94.8 Å². The number of benzene rings is 3. The summed E-state index contributed by atoms with van der Waals surface area (Å²) in [5.41, 5.74) is 5.38. The number of hydrogen-bond donors (Lipinski definition) is 1. The number of hydrazone groups is 1. The first-order chi connectivity index (χ1) is 18.3. The lowest BCUT2D eigenvalue weighted by Gasteiger charge is -2.23. The number of aliphatic imine (C=N–C) groups is 1. The molecule has 0 saturated carbocycles. The van der Waals surface area contributed by atoms with E-state index in [0.717, 1.165) is 39.4 Å². The molecular formula is C29H27FN4O3S. The summed E-state index contributed by atoms with van der Waals surface area (Å²) in [6.07, 6.45) is 0.539. The molecule has 194 valence electrons. The fraction of sp³-hybridized carbons (Fsp3) is 0.241. The highest BCUT2D eigenvalue weighted by molar-refractivity contribution is 8.15. The van der Waals surface area contributed by atoms with Crippen molar-refractivity contribution in [1.29, 1.82) is 0 Å². The van der Waals surface area contributed by atoms with Crippen molar-refractivity contribution >= 4 is 40.1 Å². The average Bonchev–Trinajstić information content (AvgIpc) is 3.51.